The fraction of sp³-hybridized carbons (Fsp3) is 0.875. The molecule has 1 amide bonds. The summed E-state index contributed by atoms with van der Waals surface area (Å²) in [6, 6.07) is 0. The molecule has 1 saturated carbocycles. The van der Waals surface area contributed by atoms with Crippen LogP contribution in [0.3, 0.4) is 0 Å². The van der Waals surface area contributed by atoms with E-state index in [4.69, 9.17) is 10.8 Å². The van der Waals surface area contributed by atoms with Gasteiger partial charge in [-0.25, -0.2) is 0 Å². The van der Waals surface area contributed by atoms with Crippen LogP contribution in [0.1, 0.15) is 52.4 Å². The number of nitrogens with one attached hydrogen (secondary N) is 1. The Balaban J connectivity index is 2.29. The molecule has 0 aromatic heterocycles. The van der Waals surface area contributed by atoms with Crippen LogP contribution < -0.4 is 11.1 Å². The molecule has 1 aliphatic carbocycles. The van der Waals surface area contributed by atoms with Crippen molar-refractivity contribution in [3.63, 3.8) is 0 Å². The highest BCUT2D eigenvalue weighted by molar-refractivity contribution is 5.76. The molecule has 0 aromatic rings. The number of aliphatic carboxylic acids is 1. The number of nitrogens with two attached hydrogens (primary N) is 1. The summed E-state index contributed by atoms with van der Waals surface area (Å²) in [6.07, 6.45) is 4.90. The Labute approximate surface area is 127 Å². The van der Waals surface area contributed by atoms with E-state index in [1.165, 1.54) is 0 Å². The summed E-state index contributed by atoms with van der Waals surface area (Å²) < 4.78 is 0. The summed E-state index contributed by atoms with van der Waals surface area (Å²) in [4.78, 5) is 23.0. The van der Waals surface area contributed by atoms with E-state index in [0.717, 1.165) is 32.1 Å². The monoisotopic (exact) mass is 298 g/mol. The third kappa shape index (κ3) is 6.04. The lowest BCUT2D eigenvalue weighted by molar-refractivity contribution is -0.143. The molecule has 3 unspecified atom stereocenters. The number of hydrogen-bond donors (Lipinski definition) is 3. The van der Waals surface area contributed by atoms with Crippen molar-refractivity contribution in [1.82, 2.24) is 5.32 Å². The van der Waals surface area contributed by atoms with Gasteiger partial charge in [-0.1, -0.05) is 20.3 Å². The Bertz CT molecular complexity index is 344. The van der Waals surface area contributed by atoms with Gasteiger partial charge in [0.2, 0.25) is 5.91 Å². The Morgan fingerprint density at radius 2 is 2.00 bits per heavy atom. The van der Waals surface area contributed by atoms with E-state index in [1.54, 1.807) is 0 Å². The van der Waals surface area contributed by atoms with Gasteiger partial charge in [-0.05, 0) is 50.0 Å². The van der Waals surface area contributed by atoms with Gasteiger partial charge in [-0.15, -0.1) is 0 Å². The Hall–Kier alpha value is -1.10. The zero-order valence-corrected chi connectivity index (χ0v) is 13.3. The van der Waals surface area contributed by atoms with Crippen molar-refractivity contribution in [2.24, 2.45) is 29.4 Å². The number of carboxylic acids is 1. The van der Waals surface area contributed by atoms with E-state index in [2.05, 4.69) is 19.2 Å². The van der Waals surface area contributed by atoms with E-state index in [1.807, 2.05) is 0 Å². The summed E-state index contributed by atoms with van der Waals surface area (Å²) in [7, 11) is 0. The third-order valence-electron chi connectivity index (χ3n) is 4.76. The molecule has 0 radical (unpaired) electrons. The highest BCUT2D eigenvalue weighted by atomic mass is 16.4. The number of carbonyl (C=O) groups excluding carboxylic acids is 1. The second-order valence-corrected chi connectivity index (χ2v) is 6.56. The van der Waals surface area contributed by atoms with Crippen molar-refractivity contribution in [2.45, 2.75) is 52.4 Å². The largest absolute Gasteiger partial charge is 0.481 e. The van der Waals surface area contributed by atoms with Gasteiger partial charge in [0.25, 0.3) is 0 Å². The molecule has 0 aliphatic heterocycles. The second kappa shape index (κ2) is 9.03. The zero-order valence-electron chi connectivity index (χ0n) is 13.3. The molecule has 1 fully saturated rings. The molecule has 3 atom stereocenters. The molecule has 0 saturated heterocycles. The molecule has 0 spiro atoms. The molecule has 5 heteroatoms. The molecular weight excluding hydrogens is 268 g/mol. The lowest BCUT2D eigenvalue weighted by atomic mass is 9.88. The summed E-state index contributed by atoms with van der Waals surface area (Å²) in [5, 5.41) is 12.0. The fourth-order valence-electron chi connectivity index (χ4n) is 3.28. The van der Waals surface area contributed by atoms with Crippen LogP contribution in [0.5, 0.6) is 0 Å². The molecule has 1 rings (SSSR count). The average Bonchev–Trinajstić information content (AvgIpc) is 2.89. The lowest BCUT2D eigenvalue weighted by Gasteiger charge is -2.20. The van der Waals surface area contributed by atoms with Crippen molar-refractivity contribution < 1.29 is 14.7 Å². The van der Waals surface area contributed by atoms with Crippen LogP contribution in [-0.2, 0) is 9.59 Å². The number of hydrogen-bond acceptors (Lipinski definition) is 3. The number of carboxylic acid groups (broad SMARTS) is 1. The van der Waals surface area contributed by atoms with Gasteiger partial charge in [0.15, 0.2) is 0 Å². The van der Waals surface area contributed by atoms with Crippen molar-refractivity contribution in [3.05, 3.63) is 0 Å². The molecule has 122 valence electrons. The first-order valence-corrected chi connectivity index (χ1v) is 8.15. The summed E-state index contributed by atoms with van der Waals surface area (Å²) in [5.41, 5.74) is 5.60. The minimum absolute atomic E-state index is 0.0358. The smallest absolute Gasteiger partial charge is 0.306 e. The van der Waals surface area contributed by atoms with E-state index in [9.17, 15) is 9.59 Å². The molecule has 5 nitrogen and oxygen atoms in total. The minimum atomic E-state index is -0.727. The van der Waals surface area contributed by atoms with Gasteiger partial charge in [0.1, 0.15) is 0 Å². The zero-order chi connectivity index (χ0) is 15.8. The van der Waals surface area contributed by atoms with E-state index < -0.39 is 5.97 Å². The standard InChI is InChI=1S/C16H30N2O3/c1-11(2)12(8-9-17)6-7-15(19)18-10-13-4-3-5-14(13)16(20)21/h11-14H,3-10,17H2,1-2H3,(H,18,19)(H,20,21). The van der Waals surface area contributed by atoms with E-state index in [-0.39, 0.29) is 17.7 Å². The maximum Gasteiger partial charge on any atom is 0.306 e. The number of carbonyl (C=O) groups is 2. The van der Waals surface area contributed by atoms with E-state index in [0.29, 0.717) is 31.3 Å². The van der Waals surface area contributed by atoms with Crippen LogP contribution in [0.4, 0.5) is 0 Å². The fourth-order valence-corrected chi connectivity index (χ4v) is 3.28. The first-order chi connectivity index (χ1) is 9.95. The molecule has 4 N–H and O–H groups in total. The SMILES string of the molecule is CC(C)C(CCN)CCC(=O)NCC1CCCC1C(=O)O. The predicted molar refractivity (Wildman–Crippen MR) is 82.7 cm³/mol. The van der Waals surface area contributed by atoms with Gasteiger partial charge in [-0.2, -0.15) is 0 Å². The van der Waals surface area contributed by atoms with Crippen LogP contribution >= 0.6 is 0 Å². The maximum atomic E-state index is 11.9. The predicted octanol–water partition coefficient (Wildman–Crippen LogP) is 2.00. The molecule has 0 heterocycles. The normalized spacial score (nSPS) is 23.2. The van der Waals surface area contributed by atoms with Gasteiger partial charge in [0, 0.05) is 13.0 Å². The molecule has 21 heavy (non-hydrogen) atoms. The maximum absolute atomic E-state index is 11.9. The van der Waals surface area contributed by atoms with Crippen molar-refractivity contribution in [3.8, 4) is 0 Å². The average molecular weight is 298 g/mol. The highest BCUT2D eigenvalue weighted by Gasteiger charge is 2.32. The first kappa shape index (κ1) is 18.0. The van der Waals surface area contributed by atoms with Gasteiger partial charge >= 0.3 is 5.97 Å². The topological polar surface area (TPSA) is 92.4 Å². The van der Waals surface area contributed by atoms with Gasteiger partial charge in [0.05, 0.1) is 5.92 Å². The van der Waals surface area contributed by atoms with Gasteiger partial charge in [-0.3, -0.25) is 9.59 Å². The van der Waals surface area contributed by atoms with Gasteiger partial charge < -0.3 is 16.2 Å². The van der Waals surface area contributed by atoms with Crippen molar-refractivity contribution in [1.29, 1.82) is 0 Å². The lowest BCUT2D eigenvalue weighted by Crippen LogP contribution is -2.33. The summed E-state index contributed by atoms with van der Waals surface area (Å²) in [5.74, 6) is 0.136. The third-order valence-corrected chi connectivity index (χ3v) is 4.76. The van der Waals surface area contributed by atoms with Crippen molar-refractivity contribution in [2.75, 3.05) is 13.1 Å². The summed E-state index contributed by atoms with van der Waals surface area (Å²) in [6.45, 7) is 5.48. The van der Waals surface area contributed by atoms with Crippen LogP contribution in [-0.4, -0.2) is 30.1 Å². The minimum Gasteiger partial charge on any atom is -0.481 e. The van der Waals surface area contributed by atoms with Crippen LogP contribution in [0.2, 0.25) is 0 Å². The molecule has 0 aromatic carbocycles. The quantitative estimate of drug-likeness (QED) is 0.607. The number of rotatable bonds is 9. The molecule has 1 aliphatic rings. The second-order valence-electron chi connectivity index (χ2n) is 6.56. The van der Waals surface area contributed by atoms with Crippen LogP contribution in [0.25, 0.3) is 0 Å². The first-order valence-electron chi connectivity index (χ1n) is 8.15. The Morgan fingerprint density at radius 3 is 2.57 bits per heavy atom. The Kier molecular flexibility index (Phi) is 7.72. The van der Waals surface area contributed by atoms with E-state index >= 15 is 0 Å². The van der Waals surface area contributed by atoms with Crippen LogP contribution in [0, 0.1) is 23.7 Å². The number of amides is 1. The molecular formula is C16H30N2O3. The summed E-state index contributed by atoms with van der Waals surface area (Å²) >= 11 is 0. The van der Waals surface area contributed by atoms with Crippen molar-refractivity contribution >= 4 is 11.9 Å². The van der Waals surface area contributed by atoms with Crippen LogP contribution in [0.15, 0.2) is 0 Å². The highest BCUT2D eigenvalue weighted by Crippen LogP contribution is 2.31. The molecule has 0 bridgehead atoms. The Morgan fingerprint density at radius 1 is 1.29 bits per heavy atom.